The summed E-state index contributed by atoms with van der Waals surface area (Å²) in [4.78, 5) is 14.7. The molecule has 1 saturated heterocycles. The van der Waals surface area contributed by atoms with Gasteiger partial charge in [0.1, 0.15) is 5.75 Å². The molecule has 1 amide bonds. The van der Waals surface area contributed by atoms with E-state index in [1.54, 1.807) is 7.11 Å². The number of ether oxygens (including phenoxy) is 1. The fourth-order valence-electron chi connectivity index (χ4n) is 3.62. The molecule has 0 radical (unpaired) electrons. The van der Waals surface area contributed by atoms with Crippen LogP contribution in [0.4, 0.5) is 5.69 Å². The normalized spacial score (nSPS) is 17.5. The zero-order chi connectivity index (χ0) is 18.7. The Labute approximate surface area is 155 Å². The topological polar surface area (TPSA) is 59.4 Å². The number of aryl methyl sites for hydroxylation is 3. The molecular formula is C20H28N4O2. The quantitative estimate of drug-likeness (QED) is 0.864. The molecule has 1 N–H and O–H groups in total. The van der Waals surface area contributed by atoms with Gasteiger partial charge in [0, 0.05) is 31.7 Å². The van der Waals surface area contributed by atoms with Crippen LogP contribution in [-0.4, -0.2) is 47.3 Å². The molecule has 6 heteroatoms. The van der Waals surface area contributed by atoms with E-state index >= 15 is 0 Å². The van der Waals surface area contributed by atoms with Crippen molar-refractivity contribution in [2.75, 3.05) is 32.1 Å². The van der Waals surface area contributed by atoms with E-state index < -0.39 is 0 Å². The lowest BCUT2D eigenvalue weighted by atomic mass is 10.2. The van der Waals surface area contributed by atoms with E-state index in [1.165, 1.54) is 5.69 Å². The van der Waals surface area contributed by atoms with Crippen LogP contribution in [0.1, 0.15) is 35.8 Å². The van der Waals surface area contributed by atoms with Crippen LogP contribution < -0.4 is 10.1 Å². The van der Waals surface area contributed by atoms with Crippen LogP contribution in [0.25, 0.3) is 0 Å². The molecule has 0 bridgehead atoms. The third kappa shape index (κ3) is 4.25. The van der Waals surface area contributed by atoms with Crippen molar-refractivity contribution >= 4 is 11.6 Å². The Balaban J connectivity index is 1.51. The fourth-order valence-corrected chi connectivity index (χ4v) is 3.62. The molecular weight excluding hydrogens is 328 g/mol. The Morgan fingerprint density at radius 1 is 1.31 bits per heavy atom. The Hall–Kier alpha value is -2.34. The summed E-state index contributed by atoms with van der Waals surface area (Å²) in [5, 5.41) is 7.58. The average molecular weight is 356 g/mol. The second-order valence-corrected chi connectivity index (χ2v) is 7.12. The Bertz CT molecular complexity index is 784. The highest BCUT2D eigenvalue weighted by atomic mass is 16.5. The Kier molecular flexibility index (Phi) is 5.61. The first-order chi connectivity index (χ1) is 12.5. The molecule has 0 aliphatic carbocycles. The number of likely N-dealkylation sites (tertiary alicyclic amines) is 1. The minimum absolute atomic E-state index is 0.0171. The average Bonchev–Trinajstić information content (AvgIpc) is 3.19. The number of hydrogen-bond donors (Lipinski definition) is 1. The molecule has 1 aliphatic rings. The number of nitrogens with one attached hydrogen (secondary N) is 1. The SMILES string of the molecule is COc1ccc(C)cc1NC(=O)CCN1CC[C@@H](n2nc(C)cc2C)C1. The highest BCUT2D eigenvalue weighted by Gasteiger charge is 2.25. The van der Waals surface area contributed by atoms with E-state index in [0.717, 1.165) is 43.0 Å². The fraction of sp³-hybridized carbons (Fsp3) is 0.500. The van der Waals surface area contributed by atoms with Crippen molar-refractivity contribution in [2.24, 2.45) is 0 Å². The summed E-state index contributed by atoms with van der Waals surface area (Å²) in [6.07, 6.45) is 1.55. The minimum atomic E-state index is 0.0171. The zero-order valence-electron chi connectivity index (χ0n) is 16.1. The second kappa shape index (κ2) is 7.91. The predicted octanol–water partition coefficient (Wildman–Crippen LogP) is 3.09. The van der Waals surface area contributed by atoms with Gasteiger partial charge in [0.25, 0.3) is 0 Å². The van der Waals surface area contributed by atoms with Crippen molar-refractivity contribution in [3.8, 4) is 5.75 Å². The summed E-state index contributed by atoms with van der Waals surface area (Å²) in [5.41, 5.74) is 4.10. The van der Waals surface area contributed by atoms with Gasteiger partial charge in [-0.25, -0.2) is 0 Å². The van der Waals surface area contributed by atoms with Gasteiger partial charge >= 0.3 is 0 Å². The van der Waals surface area contributed by atoms with Crippen LogP contribution in [-0.2, 0) is 4.79 Å². The van der Waals surface area contributed by atoms with Gasteiger partial charge in [0.05, 0.1) is 24.5 Å². The molecule has 140 valence electrons. The number of benzene rings is 1. The summed E-state index contributed by atoms with van der Waals surface area (Å²) >= 11 is 0. The number of rotatable bonds is 6. The van der Waals surface area contributed by atoms with Gasteiger partial charge in [-0.3, -0.25) is 9.48 Å². The summed E-state index contributed by atoms with van der Waals surface area (Å²) in [6.45, 7) is 8.84. The maximum atomic E-state index is 12.3. The number of amides is 1. The van der Waals surface area contributed by atoms with Gasteiger partial charge in [0.2, 0.25) is 5.91 Å². The summed E-state index contributed by atoms with van der Waals surface area (Å²) in [6, 6.07) is 8.31. The number of methoxy groups -OCH3 is 1. The lowest BCUT2D eigenvalue weighted by molar-refractivity contribution is -0.116. The third-order valence-corrected chi connectivity index (χ3v) is 4.92. The van der Waals surface area contributed by atoms with E-state index in [0.29, 0.717) is 18.2 Å². The largest absolute Gasteiger partial charge is 0.495 e. The van der Waals surface area contributed by atoms with Crippen LogP contribution in [0.15, 0.2) is 24.3 Å². The van der Waals surface area contributed by atoms with Crippen LogP contribution in [0, 0.1) is 20.8 Å². The maximum Gasteiger partial charge on any atom is 0.225 e. The van der Waals surface area contributed by atoms with Crippen LogP contribution in [0.3, 0.4) is 0 Å². The third-order valence-electron chi connectivity index (χ3n) is 4.92. The van der Waals surface area contributed by atoms with Gasteiger partial charge in [-0.05, 0) is 51.0 Å². The number of hydrogen-bond acceptors (Lipinski definition) is 4. The number of carbonyl (C=O) groups is 1. The van der Waals surface area contributed by atoms with Crippen molar-refractivity contribution in [3.05, 3.63) is 41.2 Å². The number of nitrogens with zero attached hydrogens (tertiary/aromatic N) is 3. The molecule has 0 saturated carbocycles. The zero-order valence-corrected chi connectivity index (χ0v) is 16.1. The van der Waals surface area contributed by atoms with Gasteiger partial charge in [0.15, 0.2) is 0 Å². The van der Waals surface area contributed by atoms with Crippen molar-refractivity contribution in [1.82, 2.24) is 14.7 Å². The van der Waals surface area contributed by atoms with E-state index in [-0.39, 0.29) is 5.91 Å². The lowest BCUT2D eigenvalue weighted by Gasteiger charge is -2.17. The van der Waals surface area contributed by atoms with E-state index in [4.69, 9.17) is 4.74 Å². The predicted molar refractivity (Wildman–Crippen MR) is 103 cm³/mol. The van der Waals surface area contributed by atoms with Crippen molar-refractivity contribution in [2.45, 2.75) is 39.7 Å². The smallest absolute Gasteiger partial charge is 0.225 e. The highest BCUT2D eigenvalue weighted by molar-refractivity contribution is 5.92. The number of carbonyl (C=O) groups excluding carboxylic acids is 1. The van der Waals surface area contributed by atoms with Gasteiger partial charge in [-0.1, -0.05) is 6.07 Å². The van der Waals surface area contributed by atoms with Crippen molar-refractivity contribution < 1.29 is 9.53 Å². The molecule has 0 spiro atoms. The molecule has 0 unspecified atom stereocenters. The van der Waals surface area contributed by atoms with Crippen LogP contribution in [0.5, 0.6) is 5.75 Å². The number of anilines is 1. The monoisotopic (exact) mass is 356 g/mol. The molecule has 2 aromatic rings. The first-order valence-corrected chi connectivity index (χ1v) is 9.16. The Morgan fingerprint density at radius 2 is 2.12 bits per heavy atom. The lowest BCUT2D eigenvalue weighted by Crippen LogP contribution is -2.27. The molecule has 1 fully saturated rings. The minimum Gasteiger partial charge on any atom is -0.495 e. The maximum absolute atomic E-state index is 12.3. The molecule has 1 aromatic heterocycles. The molecule has 3 rings (SSSR count). The Morgan fingerprint density at radius 3 is 2.81 bits per heavy atom. The van der Waals surface area contributed by atoms with Gasteiger partial charge < -0.3 is 15.0 Å². The molecule has 1 atom stereocenters. The van der Waals surface area contributed by atoms with Gasteiger partial charge in [-0.2, -0.15) is 5.10 Å². The first kappa shape index (κ1) is 18.5. The first-order valence-electron chi connectivity index (χ1n) is 9.16. The molecule has 1 aliphatic heterocycles. The van der Waals surface area contributed by atoms with Crippen molar-refractivity contribution in [3.63, 3.8) is 0 Å². The standard InChI is InChI=1S/C20H28N4O2/c1-14-5-6-19(26-4)18(11-14)21-20(25)8-10-23-9-7-17(13-23)24-16(3)12-15(2)22-24/h5-6,11-12,17H,7-10,13H2,1-4H3,(H,21,25)/t17-/m1/s1. The molecule has 2 heterocycles. The van der Waals surface area contributed by atoms with Crippen molar-refractivity contribution in [1.29, 1.82) is 0 Å². The summed E-state index contributed by atoms with van der Waals surface area (Å²) in [5.74, 6) is 0.707. The molecule has 26 heavy (non-hydrogen) atoms. The number of aromatic nitrogens is 2. The highest BCUT2D eigenvalue weighted by Crippen LogP contribution is 2.26. The molecule has 1 aromatic carbocycles. The second-order valence-electron chi connectivity index (χ2n) is 7.12. The van der Waals surface area contributed by atoms with Crippen LogP contribution >= 0.6 is 0 Å². The van der Waals surface area contributed by atoms with Gasteiger partial charge in [-0.15, -0.1) is 0 Å². The van der Waals surface area contributed by atoms with E-state index in [9.17, 15) is 4.79 Å². The van der Waals surface area contributed by atoms with E-state index in [2.05, 4.69) is 33.0 Å². The summed E-state index contributed by atoms with van der Waals surface area (Å²) in [7, 11) is 1.61. The summed E-state index contributed by atoms with van der Waals surface area (Å²) < 4.78 is 7.45. The van der Waals surface area contributed by atoms with Crippen LogP contribution in [0.2, 0.25) is 0 Å². The van der Waals surface area contributed by atoms with E-state index in [1.807, 2.05) is 32.0 Å². The molecule has 6 nitrogen and oxygen atoms in total.